The molecule has 1 atom stereocenters. The summed E-state index contributed by atoms with van der Waals surface area (Å²) < 4.78 is 4.81. The van der Waals surface area contributed by atoms with Crippen molar-refractivity contribution in [2.45, 2.75) is 13.2 Å². The van der Waals surface area contributed by atoms with Crippen molar-refractivity contribution in [1.29, 1.82) is 0 Å². The average molecular weight is 200 g/mol. The van der Waals surface area contributed by atoms with Crippen molar-refractivity contribution in [2.24, 2.45) is 0 Å². The third-order valence-electron chi connectivity index (χ3n) is 2.03. The molecule has 1 rings (SSSR count). The second-order valence-electron chi connectivity index (χ2n) is 3.07. The van der Waals surface area contributed by atoms with Crippen LogP contribution in [0, 0.1) is 0 Å². The second-order valence-corrected chi connectivity index (χ2v) is 3.07. The first-order chi connectivity index (χ1) is 6.49. The van der Waals surface area contributed by atoms with E-state index in [1.165, 1.54) is 26.0 Å². The highest BCUT2D eigenvalue weighted by Gasteiger charge is 2.40. The number of imide groups is 1. The molecule has 0 saturated carbocycles. The minimum Gasteiger partial charge on any atom is -0.352 e. The van der Waals surface area contributed by atoms with Crippen LogP contribution >= 0.6 is 0 Å². The summed E-state index contributed by atoms with van der Waals surface area (Å²) in [5.74, 6) is -1.29. The molecule has 0 spiro atoms. The lowest BCUT2D eigenvalue weighted by Crippen LogP contribution is -2.60. The predicted molar refractivity (Wildman–Crippen MR) is 46.0 cm³/mol. The van der Waals surface area contributed by atoms with Crippen molar-refractivity contribution in [3.05, 3.63) is 0 Å². The lowest BCUT2D eigenvalue weighted by atomic mass is 10.2. The zero-order chi connectivity index (χ0) is 10.9. The Hall–Kier alpha value is -1.43. The Morgan fingerprint density at radius 1 is 1.50 bits per heavy atom. The summed E-state index contributed by atoms with van der Waals surface area (Å²) in [6.45, 7) is 1.14. The number of carbonyl (C=O) groups excluding carboxylic acids is 3. The summed E-state index contributed by atoms with van der Waals surface area (Å²) in [6.07, 6.45) is -1.11. The highest BCUT2D eigenvalue weighted by molar-refractivity contribution is 6.03. The van der Waals surface area contributed by atoms with E-state index in [4.69, 9.17) is 4.74 Å². The van der Waals surface area contributed by atoms with E-state index in [-0.39, 0.29) is 12.5 Å². The fraction of sp³-hybridized carbons (Fsp3) is 0.625. The average Bonchev–Trinajstić information content (AvgIpc) is 2.09. The zero-order valence-electron chi connectivity index (χ0n) is 8.31. The molecule has 1 saturated heterocycles. The molecule has 0 radical (unpaired) electrons. The number of hydrogen-bond acceptors (Lipinski definition) is 4. The van der Waals surface area contributed by atoms with E-state index in [9.17, 15) is 14.4 Å². The number of piperazine rings is 1. The Morgan fingerprint density at radius 2 is 2.07 bits per heavy atom. The van der Waals surface area contributed by atoms with E-state index in [2.05, 4.69) is 0 Å². The highest BCUT2D eigenvalue weighted by atomic mass is 16.5. The van der Waals surface area contributed by atoms with E-state index < -0.39 is 18.0 Å². The van der Waals surface area contributed by atoms with Crippen LogP contribution in [0.15, 0.2) is 0 Å². The molecule has 1 fully saturated rings. The van der Waals surface area contributed by atoms with Crippen molar-refractivity contribution >= 4 is 17.7 Å². The molecular weight excluding hydrogens is 188 g/mol. The SMILES string of the molecule is COC1C(=O)N(C)CC(=O)N1C(C)=O. The standard InChI is InChI=1S/C8H12N2O4/c1-5(11)10-6(12)4-9(2)7(13)8(10)14-3/h8H,4H2,1-3H3. The molecule has 0 bridgehead atoms. The van der Waals surface area contributed by atoms with Gasteiger partial charge in [0.25, 0.3) is 11.8 Å². The molecule has 1 aliphatic rings. The van der Waals surface area contributed by atoms with Crippen LogP contribution in [0.3, 0.4) is 0 Å². The largest absolute Gasteiger partial charge is 0.352 e. The van der Waals surface area contributed by atoms with Gasteiger partial charge in [-0.15, -0.1) is 0 Å². The Morgan fingerprint density at radius 3 is 2.50 bits per heavy atom. The maximum absolute atomic E-state index is 11.5. The lowest BCUT2D eigenvalue weighted by molar-refractivity contribution is -0.177. The van der Waals surface area contributed by atoms with Gasteiger partial charge in [0.1, 0.15) is 6.54 Å². The lowest BCUT2D eigenvalue weighted by Gasteiger charge is -2.35. The van der Waals surface area contributed by atoms with Crippen LogP contribution in [0.1, 0.15) is 6.92 Å². The van der Waals surface area contributed by atoms with Gasteiger partial charge in [0.05, 0.1) is 0 Å². The van der Waals surface area contributed by atoms with E-state index in [1.807, 2.05) is 0 Å². The molecule has 1 aliphatic heterocycles. The molecule has 3 amide bonds. The van der Waals surface area contributed by atoms with E-state index in [0.29, 0.717) is 0 Å². The molecule has 6 nitrogen and oxygen atoms in total. The number of nitrogens with zero attached hydrogens (tertiary/aromatic N) is 2. The van der Waals surface area contributed by atoms with Gasteiger partial charge in [0, 0.05) is 21.1 Å². The summed E-state index contributed by atoms with van der Waals surface area (Å²) in [7, 11) is 2.77. The molecule has 0 aromatic carbocycles. The number of hydrogen-bond donors (Lipinski definition) is 0. The van der Waals surface area contributed by atoms with Crippen LogP contribution in [-0.2, 0) is 19.1 Å². The van der Waals surface area contributed by atoms with Gasteiger partial charge in [-0.25, -0.2) is 4.90 Å². The molecule has 0 N–H and O–H groups in total. The van der Waals surface area contributed by atoms with Crippen LogP contribution in [0.5, 0.6) is 0 Å². The molecule has 14 heavy (non-hydrogen) atoms. The zero-order valence-corrected chi connectivity index (χ0v) is 8.31. The van der Waals surface area contributed by atoms with Crippen LogP contribution in [0.25, 0.3) is 0 Å². The summed E-state index contributed by atoms with van der Waals surface area (Å²) in [5.41, 5.74) is 0. The van der Waals surface area contributed by atoms with Crippen LogP contribution < -0.4 is 0 Å². The van der Waals surface area contributed by atoms with Gasteiger partial charge in [-0.2, -0.15) is 0 Å². The van der Waals surface area contributed by atoms with E-state index in [1.54, 1.807) is 0 Å². The Bertz CT molecular complexity index is 289. The van der Waals surface area contributed by atoms with Crippen molar-refractivity contribution < 1.29 is 19.1 Å². The quantitative estimate of drug-likeness (QED) is 0.533. The predicted octanol–water partition coefficient (Wildman–Crippen LogP) is -1.19. The molecule has 0 aromatic rings. The topological polar surface area (TPSA) is 66.9 Å². The summed E-state index contributed by atoms with van der Waals surface area (Å²) in [4.78, 5) is 36.0. The minimum absolute atomic E-state index is 0.0850. The van der Waals surface area contributed by atoms with Gasteiger partial charge < -0.3 is 9.64 Å². The smallest absolute Gasteiger partial charge is 0.273 e. The number of rotatable bonds is 1. The van der Waals surface area contributed by atoms with E-state index in [0.717, 1.165) is 4.90 Å². The Kier molecular flexibility index (Phi) is 2.85. The third kappa shape index (κ3) is 1.60. The number of amides is 3. The van der Waals surface area contributed by atoms with Crippen molar-refractivity contribution in [2.75, 3.05) is 20.7 Å². The van der Waals surface area contributed by atoms with Gasteiger partial charge in [0.15, 0.2) is 0 Å². The van der Waals surface area contributed by atoms with Crippen LogP contribution in [-0.4, -0.2) is 54.5 Å². The van der Waals surface area contributed by atoms with Crippen molar-refractivity contribution in [1.82, 2.24) is 9.80 Å². The Labute approximate surface area is 81.4 Å². The first-order valence-corrected chi connectivity index (χ1v) is 4.09. The first-order valence-electron chi connectivity index (χ1n) is 4.09. The monoisotopic (exact) mass is 200 g/mol. The van der Waals surface area contributed by atoms with Crippen LogP contribution in [0.2, 0.25) is 0 Å². The van der Waals surface area contributed by atoms with Gasteiger partial charge in [0.2, 0.25) is 12.1 Å². The molecule has 1 unspecified atom stereocenters. The fourth-order valence-electron chi connectivity index (χ4n) is 1.33. The molecule has 0 aromatic heterocycles. The summed E-state index contributed by atoms with van der Waals surface area (Å²) in [6, 6.07) is 0. The minimum atomic E-state index is -1.11. The maximum atomic E-state index is 11.5. The Balaban J connectivity index is 2.97. The maximum Gasteiger partial charge on any atom is 0.273 e. The second kappa shape index (κ2) is 3.75. The molecular formula is C8H12N2O4. The van der Waals surface area contributed by atoms with Crippen molar-refractivity contribution in [3.8, 4) is 0 Å². The number of ether oxygens (including phenoxy) is 1. The number of carbonyl (C=O) groups is 3. The van der Waals surface area contributed by atoms with Gasteiger partial charge in [-0.05, 0) is 0 Å². The fourth-order valence-corrected chi connectivity index (χ4v) is 1.33. The molecule has 0 aliphatic carbocycles. The van der Waals surface area contributed by atoms with Gasteiger partial charge in [-0.1, -0.05) is 0 Å². The molecule has 6 heteroatoms. The third-order valence-corrected chi connectivity index (χ3v) is 2.03. The first kappa shape index (κ1) is 10.6. The molecule has 1 heterocycles. The highest BCUT2D eigenvalue weighted by Crippen LogP contribution is 2.11. The summed E-state index contributed by atoms with van der Waals surface area (Å²) >= 11 is 0. The van der Waals surface area contributed by atoms with Gasteiger partial charge in [-0.3, -0.25) is 14.4 Å². The van der Waals surface area contributed by atoms with E-state index >= 15 is 0 Å². The van der Waals surface area contributed by atoms with Gasteiger partial charge >= 0.3 is 0 Å². The van der Waals surface area contributed by atoms with Crippen LogP contribution in [0.4, 0.5) is 0 Å². The number of likely N-dealkylation sites (N-methyl/N-ethyl adjacent to an activating group) is 1. The normalized spacial score (nSPS) is 22.9. The number of methoxy groups -OCH3 is 1. The molecule has 78 valence electrons. The summed E-state index contributed by atoms with van der Waals surface area (Å²) in [5, 5.41) is 0. The van der Waals surface area contributed by atoms with Crippen molar-refractivity contribution in [3.63, 3.8) is 0 Å².